The van der Waals surface area contributed by atoms with Crippen molar-refractivity contribution in [3.63, 3.8) is 0 Å². The minimum absolute atomic E-state index is 0.0482. The molecule has 3 rings (SSSR count). The average Bonchev–Trinajstić information content (AvgIpc) is 3.15. The number of nitrogens with one attached hydrogen (secondary N) is 1. The lowest BCUT2D eigenvalue weighted by molar-refractivity contribution is -0.138. The SMILES string of the molecule is Cc1ccc(-c2cc(C(=O)N3CCSCC3CC(=O)O)n[nH]2)o1. The molecule has 2 N–H and O–H groups in total. The fraction of sp³-hybridized carbons (Fsp3) is 0.400. The highest BCUT2D eigenvalue weighted by molar-refractivity contribution is 7.99. The van der Waals surface area contributed by atoms with E-state index in [4.69, 9.17) is 9.52 Å². The summed E-state index contributed by atoms with van der Waals surface area (Å²) in [7, 11) is 0. The quantitative estimate of drug-likeness (QED) is 0.887. The Kier molecular flexibility index (Phi) is 4.42. The number of carboxylic acid groups (broad SMARTS) is 1. The van der Waals surface area contributed by atoms with Gasteiger partial charge >= 0.3 is 5.97 Å². The number of carbonyl (C=O) groups is 2. The van der Waals surface area contributed by atoms with E-state index in [0.717, 1.165) is 11.5 Å². The van der Waals surface area contributed by atoms with Crippen LogP contribution in [0.3, 0.4) is 0 Å². The van der Waals surface area contributed by atoms with Gasteiger partial charge in [0.15, 0.2) is 11.5 Å². The molecule has 1 aliphatic heterocycles. The van der Waals surface area contributed by atoms with Crippen molar-refractivity contribution < 1.29 is 19.1 Å². The number of aromatic amines is 1. The summed E-state index contributed by atoms with van der Waals surface area (Å²) in [5.41, 5.74) is 0.902. The number of thioether (sulfide) groups is 1. The van der Waals surface area contributed by atoms with Crippen molar-refractivity contribution in [2.75, 3.05) is 18.1 Å². The first kappa shape index (κ1) is 15.7. The first-order valence-corrected chi connectivity index (χ1v) is 8.43. The van der Waals surface area contributed by atoms with Crippen LogP contribution in [0.15, 0.2) is 22.6 Å². The van der Waals surface area contributed by atoms with Gasteiger partial charge in [0.2, 0.25) is 0 Å². The molecule has 2 aromatic heterocycles. The Hall–Kier alpha value is -2.22. The Morgan fingerprint density at radius 3 is 3.04 bits per heavy atom. The van der Waals surface area contributed by atoms with Gasteiger partial charge in [-0.05, 0) is 19.1 Å². The van der Waals surface area contributed by atoms with Crippen molar-refractivity contribution in [1.29, 1.82) is 0 Å². The lowest BCUT2D eigenvalue weighted by atomic mass is 10.1. The maximum atomic E-state index is 12.7. The van der Waals surface area contributed by atoms with Crippen LogP contribution in [0.2, 0.25) is 0 Å². The summed E-state index contributed by atoms with van der Waals surface area (Å²) in [6, 6.07) is 4.98. The molecule has 1 aliphatic rings. The second-order valence-electron chi connectivity index (χ2n) is 5.40. The van der Waals surface area contributed by atoms with Crippen LogP contribution in [0.5, 0.6) is 0 Å². The maximum absolute atomic E-state index is 12.7. The van der Waals surface area contributed by atoms with E-state index in [9.17, 15) is 9.59 Å². The molecule has 122 valence electrons. The molecule has 0 saturated carbocycles. The lowest BCUT2D eigenvalue weighted by Crippen LogP contribution is -2.47. The molecule has 0 aromatic carbocycles. The summed E-state index contributed by atoms with van der Waals surface area (Å²) in [4.78, 5) is 25.2. The Morgan fingerprint density at radius 1 is 1.52 bits per heavy atom. The highest BCUT2D eigenvalue weighted by Crippen LogP contribution is 2.24. The number of furan rings is 1. The highest BCUT2D eigenvalue weighted by Gasteiger charge is 2.30. The van der Waals surface area contributed by atoms with Crippen molar-refractivity contribution in [3.8, 4) is 11.5 Å². The van der Waals surface area contributed by atoms with E-state index < -0.39 is 5.97 Å². The van der Waals surface area contributed by atoms with Gasteiger partial charge in [0.25, 0.3) is 5.91 Å². The van der Waals surface area contributed by atoms with Gasteiger partial charge in [0.1, 0.15) is 11.5 Å². The molecular weight excluding hydrogens is 318 g/mol. The molecule has 0 spiro atoms. The summed E-state index contributed by atoms with van der Waals surface area (Å²) in [6.07, 6.45) is -0.0482. The zero-order valence-electron chi connectivity index (χ0n) is 12.6. The molecular formula is C15H17N3O4S. The number of aliphatic carboxylic acids is 1. The first-order valence-electron chi connectivity index (χ1n) is 7.27. The predicted octanol–water partition coefficient (Wildman–Crippen LogP) is 2.01. The molecule has 1 amide bonds. The van der Waals surface area contributed by atoms with Crippen molar-refractivity contribution >= 4 is 23.6 Å². The number of rotatable bonds is 4. The number of aryl methyl sites for hydroxylation is 1. The van der Waals surface area contributed by atoms with E-state index in [1.54, 1.807) is 22.7 Å². The molecule has 1 unspecified atom stereocenters. The molecule has 2 aromatic rings. The van der Waals surface area contributed by atoms with Gasteiger partial charge in [-0.2, -0.15) is 16.9 Å². The van der Waals surface area contributed by atoms with Gasteiger partial charge < -0.3 is 14.4 Å². The van der Waals surface area contributed by atoms with Gasteiger partial charge in [-0.1, -0.05) is 0 Å². The van der Waals surface area contributed by atoms with E-state index in [-0.39, 0.29) is 24.1 Å². The number of carbonyl (C=O) groups excluding carboxylic acids is 1. The number of hydrogen-bond donors (Lipinski definition) is 2. The third-order valence-electron chi connectivity index (χ3n) is 3.70. The molecule has 0 bridgehead atoms. The molecule has 8 heteroatoms. The summed E-state index contributed by atoms with van der Waals surface area (Å²) >= 11 is 1.67. The van der Waals surface area contributed by atoms with Crippen molar-refractivity contribution in [1.82, 2.24) is 15.1 Å². The molecule has 3 heterocycles. The summed E-state index contributed by atoms with van der Waals surface area (Å²) in [5.74, 6) is 1.68. The normalized spacial score (nSPS) is 18.1. The number of nitrogens with zero attached hydrogens (tertiary/aromatic N) is 2. The van der Waals surface area contributed by atoms with E-state index >= 15 is 0 Å². The average molecular weight is 335 g/mol. The number of hydrogen-bond acceptors (Lipinski definition) is 5. The van der Waals surface area contributed by atoms with Crippen molar-refractivity contribution in [2.45, 2.75) is 19.4 Å². The summed E-state index contributed by atoms with van der Waals surface area (Å²) in [6.45, 7) is 2.37. The number of carboxylic acids is 1. The Labute approximate surface area is 137 Å². The Balaban J connectivity index is 1.79. The molecule has 7 nitrogen and oxygen atoms in total. The van der Waals surface area contributed by atoms with Crippen LogP contribution >= 0.6 is 11.8 Å². The lowest BCUT2D eigenvalue weighted by Gasteiger charge is -2.34. The molecule has 0 radical (unpaired) electrons. The molecule has 1 fully saturated rings. The van der Waals surface area contributed by atoms with Crippen LogP contribution in [0.25, 0.3) is 11.5 Å². The van der Waals surface area contributed by atoms with Crippen LogP contribution in [-0.2, 0) is 4.79 Å². The second-order valence-corrected chi connectivity index (χ2v) is 6.55. The fourth-order valence-electron chi connectivity index (χ4n) is 2.58. The van der Waals surface area contributed by atoms with Gasteiger partial charge in [0.05, 0.1) is 12.5 Å². The van der Waals surface area contributed by atoms with Gasteiger partial charge in [-0.3, -0.25) is 14.7 Å². The second kappa shape index (κ2) is 6.49. The third-order valence-corrected chi connectivity index (χ3v) is 4.79. The number of amides is 1. The Bertz CT molecular complexity index is 724. The van der Waals surface area contributed by atoms with Gasteiger partial charge in [-0.25, -0.2) is 0 Å². The highest BCUT2D eigenvalue weighted by atomic mass is 32.2. The molecule has 0 aliphatic carbocycles. The van der Waals surface area contributed by atoms with E-state index in [1.165, 1.54) is 0 Å². The zero-order chi connectivity index (χ0) is 16.4. The third kappa shape index (κ3) is 3.42. The number of H-pyrrole nitrogens is 1. The van der Waals surface area contributed by atoms with Crippen molar-refractivity contribution in [2.24, 2.45) is 0 Å². The summed E-state index contributed by atoms with van der Waals surface area (Å²) in [5, 5.41) is 15.9. The zero-order valence-corrected chi connectivity index (χ0v) is 13.4. The van der Waals surface area contributed by atoms with E-state index in [2.05, 4.69) is 10.2 Å². The first-order chi connectivity index (χ1) is 11.0. The van der Waals surface area contributed by atoms with E-state index in [1.807, 2.05) is 19.1 Å². The van der Waals surface area contributed by atoms with Crippen LogP contribution in [0, 0.1) is 6.92 Å². The van der Waals surface area contributed by atoms with Crippen LogP contribution in [0.1, 0.15) is 22.7 Å². The topological polar surface area (TPSA) is 99.4 Å². The van der Waals surface area contributed by atoms with Gasteiger partial charge in [-0.15, -0.1) is 0 Å². The molecule has 1 atom stereocenters. The minimum Gasteiger partial charge on any atom is -0.481 e. The summed E-state index contributed by atoms with van der Waals surface area (Å²) < 4.78 is 5.50. The maximum Gasteiger partial charge on any atom is 0.305 e. The van der Waals surface area contributed by atoms with Gasteiger partial charge in [0, 0.05) is 24.1 Å². The van der Waals surface area contributed by atoms with Crippen LogP contribution in [-0.4, -0.2) is 56.2 Å². The Morgan fingerprint density at radius 2 is 2.35 bits per heavy atom. The van der Waals surface area contributed by atoms with Crippen LogP contribution in [0.4, 0.5) is 0 Å². The number of aromatic nitrogens is 2. The predicted molar refractivity (Wildman–Crippen MR) is 85.4 cm³/mol. The largest absolute Gasteiger partial charge is 0.481 e. The molecule has 23 heavy (non-hydrogen) atoms. The molecule has 1 saturated heterocycles. The van der Waals surface area contributed by atoms with Crippen LogP contribution < -0.4 is 0 Å². The smallest absolute Gasteiger partial charge is 0.305 e. The van der Waals surface area contributed by atoms with E-state index in [0.29, 0.717) is 23.8 Å². The fourth-order valence-corrected chi connectivity index (χ4v) is 3.64. The monoisotopic (exact) mass is 335 g/mol. The standard InChI is InChI=1S/C15H17N3O4S/c1-9-2-3-13(22-9)11-7-12(17-16-11)15(21)18-4-5-23-8-10(18)6-14(19)20/h2-3,7,10H,4-6,8H2,1H3,(H,16,17)(H,19,20). The van der Waals surface area contributed by atoms with Crippen molar-refractivity contribution in [3.05, 3.63) is 29.7 Å². The minimum atomic E-state index is -0.899.